The first-order valence-corrected chi connectivity index (χ1v) is 7.43. The summed E-state index contributed by atoms with van der Waals surface area (Å²) in [7, 11) is 0. The summed E-state index contributed by atoms with van der Waals surface area (Å²) < 4.78 is 5.37. The van der Waals surface area contributed by atoms with Gasteiger partial charge in [0.15, 0.2) is 0 Å². The van der Waals surface area contributed by atoms with Crippen molar-refractivity contribution in [1.82, 2.24) is 5.32 Å². The smallest absolute Gasteiger partial charge is 0.319 e. The number of anilines is 1. The quantitative estimate of drug-likeness (QED) is 0.844. The summed E-state index contributed by atoms with van der Waals surface area (Å²) in [5, 5.41) is 5.87. The molecular formula is C17H28N2O2. The van der Waals surface area contributed by atoms with Crippen LogP contribution in [0.1, 0.15) is 48.0 Å². The summed E-state index contributed by atoms with van der Waals surface area (Å²) in [6.07, 6.45) is 0.900. The molecule has 21 heavy (non-hydrogen) atoms. The van der Waals surface area contributed by atoms with Gasteiger partial charge in [-0.1, -0.05) is 20.8 Å². The van der Waals surface area contributed by atoms with E-state index in [-0.39, 0.29) is 17.0 Å². The molecule has 0 aromatic heterocycles. The second-order valence-corrected chi connectivity index (χ2v) is 7.16. The van der Waals surface area contributed by atoms with Gasteiger partial charge < -0.3 is 15.4 Å². The van der Waals surface area contributed by atoms with E-state index in [2.05, 4.69) is 31.4 Å². The molecule has 0 fully saturated rings. The zero-order valence-corrected chi connectivity index (χ0v) is 14.0. The van der Waals surface area contributed by atoms with Gasteiger partial charge in [-0.3, -0.25) is 0 Å². The maximum absolute atomic E-state index is 12.1. The zero-order chi connectivity index (χ0) is 16.1. The second-order valence-electron chi connectivity index (χ2n) is 7.16. The predicted octanol–water partition coefficient (Wildman–Crippen LogP) is 4.42. The number of carbonyl (C=O) groups excluding carboxylic acids is 1. The van der Waals surface area contributed by atoms with Crippen molar-refractivity contribution in [2.75, 3.05) is 11.9 Å². The highest BCUT2D eigenvalue weighted by atomic mass is 16.5. The Bertz CT molecular complexity index is 459. The number of carbonyl (C=O) groups is 1. The molecule has 1 aromatic carbocycles. The average molecular weight is 292 g/mol. The fourth-order valence-electron chi connectivity index (χ4n) is 2.64. The van der Waals surface area contributed by atoms with Crippen molar-refractivity contribution in [3.05, 3.63) is 24.3 Å². The van der Waals surface area contributed by atoms with Gasteiger partial charge in [-0.05, 0) is 56.9 Å². The highest BCUT2D eigenvalue weighted by Crippen LogP contribution is 2.26. The van der Waals surface area contributed by atoms with E-state index in [1.165, 1.54) is 0 Å². The largest absolute Gasteiger partial charge is 0.494 e. The molecule has 2 N–H and O–H groups in total. The van der Waals surface area contributed by atoms with Gasteiger partial charge in [0.1, 0.15) is 5.75 Å². The minimum atomic E-state index is -0.256. The number of rotatable bonds is 5. The van der Waals surface area contributed by atoms with Gasteiger partial charge in [-0.2, -0.15) is 0 Å². The van der Waals surface area contributed by atoms with Crippen LogP contribution in [0.4, 0.5) is 10.5 Å². The highest BCUT2D eigenvalue weighted by molar-refractivity contribution is 5.89. The second kappa shape index (κ2) is 6.83. The molecule has 118 valence electrons. The summed E-state index contributed by atoms with van der Waals surface area (Å²) >= 11 is 0. The lowest BCUT2D eigenvalue weighted by molar-refractivity contribution is 0.220. The Morgan fingerprint density at radius 2 is 1.67 bits per heavy atom. The van der Waals surface area contributed by atoms with Crippen LogP contribution in [0.2, 0.25) is 0 Å². The van der Waals surface area contributed by atoms with Gasteiger partial charge in [0.2, 0.25) is 0 Å². The van der Waals surface area contributed by atoms with Gasteiger partial charge in [0, 0.05) is 11.2 Å². The number of ether oxygens (including phenoxy) is 1. The van der Waals surface area contributed by atoms with Gasteiger partial charge in [-0.15, -0.1) is 0 Å². The predicted molar refractivity (Wildman–Crippen MR) is 87.9 cm³/mol. The van der Waals surface area contributed by atoms with E-state index in [1.54, 1.807) is 0 Å². The van der Waals surface area contributed by atoms with Crippen molar-refractivity contribution in [2.45, 2.75) is 53.5 Å². The van der Waals surface area contributed by atoms with Crippen LogP contribution in [0.5, 0.6) is 5.75 Å². The lowest BCUT2D eigenvalue weighted by Gasteiger charge is -2.33. The van der Waals surface area contributed by atoms with Crippen LogP contribution < -0.4 is 15.4 Å². The SMILES string of the molecule is CCOc1ccc(NC(=O)NC(C)(C)CC(C)(C)C)cc1. The summed E-state index contributed by atoms with van der Waals surface area (Å²) in [4.78, 5) is 12.1. The van der Waals surface area contributed by atoms with Crippen molar-refractivity contribution >= 4 is 11.7 Å². The molecule has 0 aliphatic carbocycles. The van der Waals surface area contributed by atoms with E-state index in [0.29, 0.717) is 6.61 Å². The molecule has 4 nitrogen and oxygen atoms in total. The first-order valence-electron chi connectivity index (χ1n) is 7.43. The number of nitrogens with one attached hydrogen (secondary N) is 2. The van der Waals surface area contributed by atoms with E-state index in [0.717, 1.165) is 17.9 Å². The first kappa shape index (κ1) is 17.3. The third kappa shape index (κ3) is 7.02. The Hall–Kier alpha value is -1.71. The molecule has 2 amide bonds. The van der Waals surface area contributed by atoms with Crippen LogP contribution in [0, 0.1) is 5.41 Å². The number of urea groups is 1. The molecule has 0 heterocycles. The lowest BCUT2D eigenvalue weighted by atomic mass is 9.82. The maximum Gasteiger partial charge on any atom is 0.319 e. The van der Waals surface area contributed by atoms with E-state index >= 15 is 0 Å². The Morgan fingerprint density at radius 3 is 2.14 bits per heavy atom. The van der Waals surface area contributed by atoms with Crippen molar-refractivity contribution in [2.24, 2.45) is 5.41 Å². The van der Waals surface area contributed by atoms with Crippen molar-refractivity contribution in [3.63, 3.8) is 0 Å². The Labute approximate surface area is 128 Å². The van der Waals surface area contributed by atoms with E-state index < -0.39 is 0 Å². The highest BCUT2D eigenvalue weighted by Gasteiger charge is 2.26. The van der Waals surface area contributed by atoms with E-state index in [1.807, 2.05) is 45.0 Å². The molecule has 0 radical (unpaired) electrons. The Morgan fingerprint density at radius 1 is 1.10 bits per heavy atom. The maximum atomic E-state index is 12.1. The molecule has 1 rings (SSSR count). The van der Waals surface area contributed by atoms with Crippen LogP contribution >= 0.6 is 0 Å². The molecule has 0 aliphatic heterocycles. The molecule has 0 atom stereocenters. The van der Waals surface area contributed by atoms with Crippen LogP contribution in [-0.4, -0.2) is 18.2 Å². The van der Waals surface area contributed by atoms with Crippen LogP contribution in [0.25, 0.3) is 0 Å². The first-order chi connectivity index (χ1) is 9.61. The third-order valence-corrected chi connectivity index (χ3v) is 2.85. The van der Waals surface area contributed by atoms with E-state index in [9.17, 15) is 4.79 Å². The minimum absolute atomic E-state index is 0.163. The average Bonchev–Trinajstić information content (AvgIpc) is 2.27. The van der Waals surface area contributed by atoms with Crippen molar-refractivity contribution in [3.8, 4) is 5.75 Å². The van der Waals surface area contributed by atoms with Crippen LogP contribution in [0.3, 0.4) is 0 Å². The standard InChI is InChI=1S/C17H28N2O2/c1-7-21-14-10-8-13(9-11-14)18-15(20)19-17(5,6)12-16(2,3)4/h8-11H,7,12H2,1-6H3,(H2,18,19,20). The lowest BCUT2D eigenvalue weighted by Crippen LogP contribution is -2.47. The fraction of sp³-hybridized carbons (Fsp3) is 0.588. The topological polar surface area (TPSA) is 50.4 Å². The molecule has 4 heteroatoms. The molecule has 0 unspecified atom stereocenters. The molecule has 0 aliphatic rings. The summed E-state index contributed by atoms with van der Waals surface area (Å²) in [5.41, 5.74) is 0.659. The number of hydrogen-bond acceptors (Lipinski definition) is 2. The number of amides is 2. The van der Waals surface area contributed by atoms with Crippen molar-refractivity contribution < 1.29 is 9.53 Å². The third-order valence-electron chi connectivity index (χ3n) is 2.85. The molecular weight excluding hydrogens is 264 g/mol. The Kier molecular flexibility index (Phi) is 5.64. The molecule has 0 saturated heterocycles. The summed E-state index contributed by atoms with van der Waals surface area (Å²) in [5.74, 6) is 0.802. The van der Waals surface area contributed by atoms with Gasteiger partial charge in [0.05, 0.1) is 6.61 Å². The molecule has 1 aromatic rings. The molecule has 0 bridgehead atoms. The summed E-state index contributed by atoms with van der Waals surface area (Å²) in [6, 6.07) is 7.18. The number of benzene rings is 1. The fourth-order valence-corrected chi connectivity index (χ4v) is 2.64. The monoisotopic (exact) mass is 292 g/mol. The minimum Gasteiger partial charge on any atom is -0.494 e. The summed E-state index contributed by atoms with van der Waals surface area (Å²) in [6.45, 7) is 13.2. The zero-order valence-electron chi connectivity index (χ0n) is 14.0. The normalized spacial score (nSPS) is 11.9. The van der Waals surface area contributed by atoms with Gasteiger partial charge >= 0.3 is 6.03 Å². The van der Waals surface area contributed by atoms with Crippen LogP contribution in [-0.2, 0) is 0 Å². The van der Waals surface area contributed by atoms with Gasteiger partial charge in [0.25, 0.3) is 0 Å². The Balaban J connectivity index is 2.57. The molecule has 0 saturated carbocycles. The van der Waals surface area contributed by atoms with E-state index in [4.69, 9.17) is 4.74 Å². The van der Waals surface area contributed by atoms with Crippen molar-refractivity contribution in [1.29, 1.82) is 0 Å². The van der Waals surface area contributed by atoms with Gasteiger partial charge in [-0.25, -0.2) is 4.79 Å². The van der Waals surface area contributed by atoms with Crippen LogP contribution in [0.15, 0.2) is 24.3 Å². The number of hydrogen-bond donors (Lipinski definition) is 2. The molecule has 0 spiro atoms.